The molecule has 0 N–H and O–H groups in total. The molecule has 3 aliphatic carbocycles. The standard InChI is InChI=1S/C20H33NO3S/c1-14-9-11-21(17-7-5-4-6-16(14)17)25(23,24)13-20-10-8-15(12-18(20)22)19(20,2)3/h14-17H,4-13H2,1-3H3/t14-,15+,16-,17+,20+/m1/s1. The van der Waals surface area contributed by atoms with Crippen LogP contribution < -0.4 is 0 Å². The molecule has 0 aromatic heterocycles. The van der Waals surface area contributed by atoms with E-state index in [1.165, 1.54) is 6.42 Å². The number of piperidine rings is 1. The predicted molar refractivity (Wildman–Crippen MR) is 98.6 cm³/mol. The van der Waals surface area contributed by atoms with Gasteiger partial charge in [0.05, 0.1) is 5.75 Å². The van der Waals surface area contributed by atoms with Crippen LogP contribution in [0.5, 0.6) is 0 Å². The maximum absolute atomic E-state index is 13.5. The Kier molecular flexibility index (Phi) is 4.16. The molecule has 2 bridgehead atoms. The van der Waals surface area contributed by atoms with Crippen LogP contribution in [0.4, 0.5) is 0 Å². The first kappa shape index (κ1) is 18.0. The minimum atomic E-state index is -3.40. The summed E-state index contributed by atoms with van der Waals surface area (Å²) in [7, 11) is -3.40. The van der Waals surface area contributed by atoms with Gasteiger partial charge in [-0.05, 0) is 55.3 Å². The Balaban J connectivity index is 1.63. The van der Waals surface area contributed by atoms with Gasteiger partial charge in [0.2, 0.25) is 10.0 Å². The number of rotatable bonds is 3. The van der Waals surface area contributed by atoms with Crippen LogP contribution in [-0.2, 0) is 14.8 Å². The van der Waals surface area contributed by atoms with Crippen LogP contribution in [0.15, 0.2) is 0 Å². The van der Waals surface area contributed by atoms with Crippen molar-refractivity contribution in [2.24, 2.45) is 28.6 Å². The van der Waals surface area contributed by atoms with Crippen LogP contribution in [-0.4, -0.2) is 36.8 Å². The van der Waals surface area contributed by atoms with Crippen molar-refractivity contribution >= 4 is 15.8 Å². The number of carbonyl (C=O) groups is 1. The van der Waals surface area contributed by atoms with Crippen molar-refractivity contribution < 1.29 is 13.2 Å². The molecule has 1 saturated heterocycles. The molecule has 1 heterocycles. The monoisotopic (exact) mass is 367 g/mol. The summed E-state index contributed by atoms with van der Waals surface area (Å²) in [5.41, 5.74) is -0.810. The van der Waals surface area contributed by atoms with Crippen molar-refractivity contribution in [1.82, 2.24) is 4.31 Å². The Bertz CT molecular complexity index is 670. The van der Waals surface area contributed by atoms with Crippen LogP contribution in [0, 0.1) is 28.6 Å². The molecular formula is C20H33NO3S. The van der Waals surface area contributed by atoms with Crippen molar-refractivity contribution in [3.05, 3.63) is 0 Å². The molecule has 142 valence electrons. The summed E-state index contributed by atoms with van der Waals surface area (Å²) < 4.78 is 28.8. The Morgan fingerprint density at radius 2 is 1.84 bits per heavy atom. The number of ketones is 1. The van der Waals surface area contributed by atoms with Gasteiger partial charge >= 0.3 is 0 Å². The average Bonchev–Trinajstić information content (AvgIpc) is 2.89. The molecule has 4 fully saturated rings. The lowest BCUT2D eigenvalue weighted by Gasteiger charge is -2.47. The molecule has 5 heteroatoms. The van der Waals surface area contributed by atoms with Crippen LogP contribution in [0.3, 0.4) is 0 Å². The second kappa shape index (κ2) is 5.79. The zero-order valence-electron chi connectivity index (χ0n) is 16.0. The van der Waals surface area contributed by atoms with Gasteiger partial charge in [-0.1, -0.05) is 33.6 Å². The summed E-state index contributed by atoms with van der Waals surface area (Å²) in [6.07, 6.45) is 7.86. The highest BCUT2D eigenvalue weighted by molar-refractivity contribution is 7.89. The second-order valence-corrected chi connectivity index (χ2v) is 11.7. The molecule has 0 spiro atoms. The van der Waals surface area contributed by atoms with E-state index < -0.39 is 15.4 Å². The third-order valence-corrected chi connectivity index (χ3v) is 10.6. The SMILES string of the molecule is C[C@@H]1CCN(S(=O)(=O)C[C@@]23CC[C@@H](CC2=O)C3(C)C)[C@H]2CCCC[C@H]12. The van der Waals surface area contributed by atoms with E-state index >= 15 is 0 Å². The quantitative estimate of drug-likeness (QED) is 0.766. The molecule has 0 radical (unpaired) electrons. The van der Waals surface area contributed by atoms with Crippen LogP contribution in [0.25, 0.3) is 0 Å². The summed E-state index contributed by atoms with van der Waals surface area (Å²) in [6, 6.07) is 0.177. The fourth-order valence-corrected chi connectivity index (χ4v) is 9.24. The highest BCUT2D eigenvalue weighted by Crippen LogP contribution is 2.64. The van der Waals surface area contributed by atoms with Gasteiger partial charge in [0, 0.05) is 24.4 Å². The van der Waals surface area contributed by atoms with Gasteiger partial charge in [-0.2, -0.15) is 4.31 Å². The van der Waals surface area contributed by atoms with Crippen molar-refractivity contribution in [2.45, 2.75) is 78.2 Å². The van der Waals surface area contributed by atoms with Crippen molar-refractivity contribution in [3.63, 3.8) is 0 Å². The molecule has 4 nitrogen and oxygen atoms in total. The number of Topliss-reactive ketones (excluding diaryl/α,β-unsaturated/α-hetero) is 1. The van der Waals surface area contributed by atoms with Gasteiger partial charge in [0.25, 0.3) is 0 Å². The van der Waals surface area contributed by atoms with Crippen LogP contribution in [0.1, 0.15) is 72.1 Å². The first-order valence-corrected chi connectivity index (χ1v) is 11.8. The average molecular weight is 368 g/mol. The summed E-state index contributed by atoms with van der Waals surface area (Å²) in [4.78, 5) is 12.8. The lowest BCUT2D eigenvalue weighted by molar-refractivity contribution is -0.128. The molecule has 0 aromatic carbocycles. The number of nitrogens with zero attached hydrogens (tertiary/aromatic N) is 1. The summed E-state index contributed by atoms with van der Waals surface area (Å²) >= 11 is 0. The summed E-state index contributed by atoms with van der Waals surface area (Å²) in [6.45, 7) is 7.20. The summed E-state index contributed by atoms with van der Waals surface area (Å²) in [5.74, 6) is 1.77. The van der Waals surface area contributed by atoms with E-state index in [0.29, 0.717) is 30.7 Å². The minimum absolute atomic E-state index is 0.0555. The molecule has 4 aliphatic rings. The first-order valence-electron chi connectivity index (χ1n) is 10.2. The van der Waals surface area contributed by atoms with Crippen LogP contribution in [0.2, 0.25) is 0 Å². The predicted octanol–water partition coefficient (Wildman–Crippen LogP) is 3.61. The fourth-order valence-electron chi connectivity index (χ4n) is 6.72. The fraction of sp³-hybridized carbons (Fsp3) is 0.950. The van der Waals surface area contributed by atoms with E-state index in [0.717, 1.165) is 38.5 Å². The molecule has 0 aromatic rings. The summed E-state index contributed by atoms with van der Waals surface area (Å²) in [5, 5.41) is 0. The molecule has 0 unspecified atom stereocenters. The highest BCUT2D eigenvalue weighted by Gasteiger charge is 2.66. The van der Waals surface area contributed by atoms with E-state index in [2.05, 4.69) is 20.8 Å². The molecule has 1 aliphatic heterocycles. The van der Waals surface area contributed by atoms with Crippen molar-refractivity contribution in [2.75, 3.05) is 12.3 Å². The van der Waals surface area contributed by atoms with E-state index in [1.54, 1.807) is 0 Å². The van der Waals surface area contributed by atoms with Gasteiger partial charge in [-0.25, -0.2) is 8.42 Å². The smallest absolute Gasteiger partial charge is 0.215 e. The number of sulfonamides is 1. The normalized spacial score (nSPS) is 44.0. The lowest BCUT2D eigenvalue weighted by Crippen LogP contribution is -2.55. The van der Waals surface area contributed by atoms with E-state index in [4.69, 9.17) is 0 Å². The third kappa shape index (κ3) is 2.48. The Hall–Kier alpha value is -0.420. The van der Waals surface area contributed by atoms with E-state index in [-0.39, 0.29) is 23.0 Å². The molecule has 5 atom stereocenters. The Morgan fingerprint density at radius 3 is 2.48 bits per heavy atom. The van der Waals surface area contributed by atoms with E-state index in [1.807, 2.05) is 4.31 Å². The maximum atomic E-state index is 13.5. The number of hydrogen-bond donors (Lipinski definition) is 0. The second-order valence-electron chi connectivity index (χ2n) is 9.82. The maximum Gasteiger partial charge on any atom is 0.215 e. The topological polar surface area (TPSA) is 54.5 Å². The van der Waals surface area contributed by atoms with Gasteiger partial charge in [-0.15, -0.1) is 0 Å². The van der Waals surface area contributed by atoms with E-state index in [9.17, 15) is 13.2 Å². The molecule has 25 heavy (non-hydrogen) atoms. The molecule has 4 rings (SSSR count). The number of hydrogen-bond acceptors (Lipinski definition) is 3. The number of carbonyl (C=O) groups excluding carboxylic acids is 1. The zero-order chi connectivity index (χ0) is 18.0. The Labute approximate surface area is 152 Å². The van der Waals surface area contributed by atoms with Gasteiger partial charge in [0.1, 0.15) is 5.78 Å². The first-order chi connectivity index (χ1) is 11.7. The Morgan fingerprint density at radius 1 is 1.12 bits per heavy atom. The van der Waals surface area contributed by atoms with Crippen LogP contribution >= 0.6 is 0 Å². The minimum Gasteiger partial charge on any atom is -0.299 e. The molecule has 0 amide bonds. The number of fused-ring (bicyclic) bond motifs is 3. The van der Waals surface area contributed by atoms with Gasteiger partial charge in [-0.3, -0.25) is 4.79 Å². The van der Waals surface area contributed by atoms with Crippen molar-refractivity contribution in [3.8, 4) is 0 Å². The molecular weight excluding hydrogens is 334 g/mol. The third-order valence-electron chi connectivity index (χ3n) is 8.61. The lowest BCUT2D eigenvalue weighted by atomic mass is 9.70. The molecule has 3 saturated carbocycles. The van der Waals surface area contributed by atoms with Crippen molar-refractivity contribution in [1.29, 1.82) is 0 Å². The zero-order valence-corrected chi connectivity index (χ0v) is 16.8. The largest absolute Gasteiger partial charge is 0.299 e. The highest BCUT2D eigenvalue weighted by atomic mass is 32.2. The van der Waals surface area contributed by atoms with Gasteiger partial charge in [0.15, 0.2) is 0 Å². The van der Waals surface area contributed by atoms with Gasteiger partial charge < -0.3 is 0 Å².